The largest absolute Gasteiger partial charge is 0.378 e. The maximum absolute atomic E-state index is 12.7. The van der Waals surface area contributed by atoms with E-state index in [4.69, 9.17) is 4.74 Å². The number of hydrogen-bond acceptors (Lipinski definition) is 3. The lowest BCUT2D eigenvalue weighted by Gasteiger charge is -2.43. The molecule has 1 aliphatic rings. The summed E-state index contributed by atoms with van der Waals surface area (Å²) in [7, 11) is -3.50. The number of aryl methyl sites for hydroxylation is 2. The van der Waals surface area contributed by atoms with E-state index in [1.54, 1.807) is 12.1 Å². The fourth-order valence-corrected chi connectivity index (χ4v) is 5.18. The van der Waals surface area contributed by atoms with Crippen molar-refractivity contribution in [3.8, 4) is 0 Å². The van der Waals surface area contributed by atoms with E-state index in [1.807, 2.05) is 19.1 Å². The Kier molecular flexibility index (Phi) is 6.82. The monoisotopic (exact) mass is 415 g/mol. The van der Waals surface area contributed by atoms with Crippen LogP contribution in [0.1, 0.15) is 49.8 Å². The van der Waals surface area contributed by atoms with E-state index in [0.717, 1.165) is 24.8 Å². The zero-order valence-corrected chi connectivity index (χ0v) is 18.8. The van der Waals surface area contributed by atoms with Crippen molar-refractivity contribution >= 4 is 10.0 Å². The molecule has 1 saturated heterocycles. The highest BCUT2D eigenvalue weighted by Gasteiger charge is 2.39. The van der Waals surface area contributed by atoms with Crippen LogP contribution in [0.4, 0.5) is 0 Å². The second-order valence-electron chi connectivity index (χ2n) is 8.71. The van der Waals surface area contributed by atoms with Crippen LogP contribution < -0.4 is 4.72 Å². The van der Waals surface area contributed by atoms with Crippen molar-refractivity contribution in [3.05, 3.63) is 65.2 Å². The maximum atomic E-state index is 12.7. The Hall–Kier alpha value is -1.69. The van der Waals surface area contributed by atoms with E-state index < -0.39 is 10.0 Å². The third-order valence-electron chi connectivity index (χ3n) is 6.14. The molecule has 2 aromatic rings. The van der Waals surface area contributed by atoms with Gasteiger partial charge in [0, 0.05) is 18.6 Å². The van der Waals surface area contributed by atoms with E-state index in [2.05, 4.69) is 49.8 Å². The Balaban J connectivity index is 1.78. The fraction of sp³-hybridized carbons (Fsp3) is 0.500. The van der Waals surface area contributed by atoms with E-state index >= 15 is 0 Å². The summed E-state index contributed by atoms with van der Waals surface area (Å²) < 4.78 is 34.3. The lowest BCUT2D eigenvalue weighted by Crippen LogP contribution is -2.43. The van der Waals surface area contributed by atoms with E-state index in [0.29, 0.717) is 24.0 Å². The summed E-state index contributed by atoms with van der Waals surface area (Å²) >= 11 is 0. The van der Waals surface area contributed by atoms with Gasteiger partial charge in [-0.25, -0.2) is 13.1 Å². The summed E-state index contributed by atoms with van der Waals surface area (Å²) in [5, 5.41) is 0. The van der Waals surface area contributed by atoms with Gasteiger partial charge in [0.1, 0.15) is 0 Å². The molecule has 0 radical (unpaired) electrons. The molecule has 0 aromatic heterocycles. The maximum Gasteiger partial charge on any atom is 0.240 e. The van der Waals surface area contributed by atoms with Gasteiger partial charge in [0.2, 0.25) is 10.0 Å². The number of sulfonamides is 1. The van der Waals surface area contributed by atoms with Crippen LogP contribution in [-0.2, 0) is 20.2 Å². The lowest BCUT2D eigenvalue weighted by atomic mass is 9.68. The number of benzene rings is 2. The number of hydrogen-bond donors (Lipinski definition) is 1. The molecule has 2 atom stereocenters. The van der Waals surface area contributed by atoms with Gasteiger partial charge < -0.3 is 4.74 Å². The zero-order valence-electron chi connectivity index (χ0n) is 17.9. The van der Waals surface area contributed by atoms with E-state index in [-0.39, 0.29) is 11.5 Å². The molecule has 0 amide bonds. The number of rotatable bonds is 7. The van der Waals surface area contributed by atoms with E-state index in [9.17, 15) is 8.42 Å². The molecule has 1 N–H and O–H groups in total. The van der Waals surface area contributed by atoms with Crippen LogP contribution in [0.15, 0.2) is 53.4 Å². The standard InChI is InChI=1S/C24H33NO3S/c1-18(2)23-17-24(14-16-28-23,21-9-5-19(3)6-10-21)13-15-25-29(26,27)22-11-7-20(4)8-12-22/h5-12,18,23,25H,13-17H2,1-4H3/t23-,24+/m1/s1. The topological polar surface area (TPSA) is 55.4 Å². The molecule has 1 fully saturated rings. The average Bonchev–Trinajstić information content (AvgIpc) is 2.69. The van der Waals surface area contributed by atoms with Crippen LogP contribution in [-0.4, -0.2) is 27.7 Å². The Bertz CT molecular complexity index is 904. The van der Waals surface area contributed by atoms with Gasteiger partial charge in [0.25, 0.3) is 0 Å². The summed E-state index contributed by atoms with van der Waals surface area (Å²) in [5.41, 5.74) is 3.49. The highest BCUT2D eigenvalue weighted by Crippen LogP contribution is 2.41. The van der Waals surface area contributed by atoms with Gasteiger partial charge >= 0.3 is 0 Å². The van der Waals surface area contributed by atoms with Gasteiger partial charge in [-0.05, 0) is 56.7 Å². The van der Waals surface area contributed by atoms with Crippen LogP contribution in [0.5, 0.6) is 0 Å². The first-order valence-electron chi connectivity index (χ1n) is 10.5. The molecule has 3 rings (SSSR count). The quantitative estimate of drug-likeness (QED) is 0.710. The van der Waals surface area contributed by atoms with Gasteiger partial charge in [-0.3, -0.25) is 0 Å². The van der Waals surface area contributed by atoms with Crippen molar-refractivity contribution in [2.45, 2.75) is 63.4 Å². The molecule has 0 bridgehead atoms. The summed E-state index contributed by atoms with van der Waals surface area (Å²) in [6.07, 6.45) is 2.78. The molecule has 0 spiro atoms. The molecular formula is C24H33NO3S. The first kappa shape index (κ1) is 22.0. The zero-order chi connectivity index (χ0) is 21.1. The minimum atomic E-state index is -3.50. The molecule has 2 aromatic carbocycles. The second-order valence-corrected chi connectivity index (χ2v) is 10.5. The summed E-state index contributed by atoms with van der Waals surface area (Å²) in [6, 6.07) is 15.7. The van der Waals surface area contributed by atoms with Gasteiger partial charge in [-0.1, -0.05) is 61.4 Å². The van der Waals surface area contributed by atoms with Gasteiger partial charge in [-0.2, -0.15) is 0 Å². The molecular weight excluding hydrogens is 382 g/mol. The van der Waals surface area contributed by atoms with Crippen molar-refractivity contribution in [1.29, 1.82) is 0 Å². The van der Waals surface area contributed by atoms with Gasteiger partial charge in [0.15, 0.2) is 0 Å². The highest BCUT2D eigenvalue weighted by molar-refractivity contribution is 7.89. The normalized spacial score (nSPS) is 22.7. The van der Waals surface area contributed by atoms with Gasteiger partial charge in [0.05, 0.1) is 11.0 Å². The van der Waals surface area contributed by atoms with Crippen LogP contribution in [0.25, 0.3) is 0 Å². The molecule has 0 saturated carbocycles. The van der Waals surface area contributed by atoms with Crippen LogP contribution in [0.2, 0.25) is 0 Å². The van der Waals surface area contributed by atoms with Crippen molar-refractivity contribution in [2.24, 2.45) is 5.92 Å². The minimum absolute atomic E-state index is 0.0727. The number of nitrogens with one attached hydrogen (secondary N) is 1. The summed E-state index contributed by atoms with van der Waals surface area (Å²) in [5.74, 6) is 0.435. The van der Waals surface area contributed by atoms with Crippen molar-refractivity contribution < 1.29 is 13.2 Å². The molecule has 158 valence electrons. The van der Waals surface area contributed by atoms with Crippen molar-refractivity contribution in [3.63, 3.8) is 0 Å². The molecule has 29 heavy (non-hydrogen) atoms. The predicted octanol–water partition coefficient (Wildman–Crippen LogP) is 4.74. The summed E-state index contributed by atoms with van der Waals surface area (Å²) in [6.45, 7) is 9.54. The first-order chi connectivity index (χ1) is 13.7. The molecule has 0 unspecified atom stereocenters. The van der Waals surface area contributed by atoms with Gasteiger partial charge in [-0.15, -0.1) is 0 Å². The van der Waals surface area contributed by atoms with Crippen LogP contribution in [0, 0.1) is 19.8 Å². The molecule has 1 heterocycles. The fourth-order valence-electron chi connectivity index (χ4n) is 4.15. The number of ether oxygens (including phenoxy) is 1. The molecule has 1 aliphatic heterocycles. The Morgan fingerprint density at radius 2 is 1.62 bits per heavy atom. The first-order valence-corrected chi connectivity index (χ1v) is 12.0. The SMILES string of the molecule is Cc1ccc([C@@]2(CCNS(=O)(=O)c3ccc(C)cc3)CCO[C@@H](C(C)C)C2)cc1. The molecule has 0 aliphatic carbocycles. The van der Waals surface area contributed by atoms with Crippen molar-refractivity contribution in [2.75, 3.05) is 13.2 Å². The predicted molar refractivity (Wildman–Crippen MR) is 118 cm³/mol. The average molecular weight is 416 g/mol. The Morgan fingerprint density at radius 3 is 2.21 bits per heavy atom. The Labute approximate surface area is 175 Å². The van der Waals surface area contributed by atoms with Crippen LogP contribution >= 0.6 is 0 Å². The third kappa shape index (κ3) is 5.27. The highest BCUT2D eigenvalue weighted by atomic mass is 32.2. The lowest BCUT2D eigenvalue weighted by molar-refractivity contribution is -0.0466. The summed E-state index contributed by atoms with van der Waals surface area (Å²) in [4.78, 5) is 0.319. The smallest absolute Gasteiger partial charge is 0.240 e. The molecule has 5 heteroatoms. The minimum Gasteiger partial charge on any atom is -0.378 e. The van der Waals surface area contributed by atoms with E-state index in [1.165, 1.54) is 11.1 Å². The van der Waals surface area contributed by atoms with Crippen molar-refractivity contribution in [1.82, 2.24) is 4.72 Å². The van der Waals surface area contributed by atoms with Crippen LogP contribution in [0.3, 0.4) is 0 Å². The third-order valence-corrected chi connectivity index (χ3v) is 7.62. The molecule has 4 nitrogen and oxygen atoms in total. The second kappa shape index (κ2) is 8.99. The Morgan fingerprint density at radius 1 is 1.03 bits per heavy atom.